The van der Waals surface area contributed by atoms with Crippen LogP contribution in [0.25, 0.3) is 5.76 Å². The van der Waals surface area contributed by atoms with Crippen molar-refractivity contribution in [3.05, 3.63) is 94.8 Å². The number of hydrogen-bond acceptors (Lipinski definition) is 7. The van der Waals surface area contributed by atoms with Crippen molar-refractivity contribution in [2.24, 2.45) is 0 Å². The normalized spacial score (nSPS) is 16.8. The monoisotopic (exact) mass is 514 g/mol. The molecule has 196 valence electrons. The summed E-state index contributed by atoms with van der Waals surface area (Å²) in [6.07, 6.45) is 1.25. The highest BCUT2D eigenvalue weighted by atomic mass is 16.5. The average Bonchev–Trinajstić information content (AvgIpc) is 3.15. The van der Waals surface area contributed by atoms with Crippen LogP contribution in [0.1, 0.15) is 60.9 Å². The molecule has 1 aliphatic rings. The van der Waals surface area contributed by atoms with Crippen molar-refractivity contribution in [3.63, 3.8) is 0 Å². The number of aryl methyl sites for hydroxylation is 1. The molecule has 1 aromatic heterocycles. The zero-order valence-corrected chi connectivity index (χ0v) is 22.0. The highest BCUT2D eigenvalue weighted by Crippen LogP contribution is 2.41. The summed E-state index contributed by atoms with van der Waals surface area (Å²) in [7, 11) is 0. The van der Waals surface area contributed by atoms with Crippen LogP contribution in [0.2, 0.25) is 0 Å². The zero-order valence-electron chi connectivity index (χ0n) is 22.0. The number of carbonyl (C=O) groups excluding carboxylic acids is 3. The molecule has 2 aromatic carbocycles. The summed E-state index contributed by atoms with van der Waals surface area (Å²) in [6.45, 7) is 9.19. The van der Waals surface area contributed by atoms with Gasteiger partial charge in [-0.05, 0) is 94.8 Å². The molecule has 2 heterocycles. The maximum atomic E-state index is 13.3. The summed E-state index contributed by atoms with van der Waals surface area (Å²) in [6, 6.07) is 15.5. The summed E-state index contributed by atoms with van der Waals surface area (Å²) in [5, 5.41) is 11.4. The van der Waals surface area contributed by atoms with Crippen molar-refractivity contribution in [2.45, 2.75) is 52.9 Å². The van der Waals surface area contributed by atoms with E-state index in [1.54, 1.807) is 68.6 Å². The third-order valence-corrected chi connectivity index (χ3v) is 5.95. The van der Waals surface area contributed by atoms with E-state index in [-0.39, 0.29) is 23.5 Å². The number of aromatic nitrogens is 1. The van der Waals surface area contributed by atoms with Crippen molar-refractivity contribution in [3.8, 4) is 5.75 Å². The lowest BCUT2D eigenvalue weighted by molar-refractivity contribution is -0.132. The van der Waals surface area contributed by atoms with Gasteiger partial charge in [-0.3, -0.25) is 19.5 Å². The number of benzene rings is 2. The number of amides is 1. The quantitative estimate of drug-likeness (QED) is 0.196. The summed E-state index contributed by atoms with van der Waals surface area (Å²) in [5.41, 5.74) is 2.17. The summed E-state index contributed by atoms with van der Waals surface area (Å²) < 4.78 is 11.0. The van der Waals surface area contributed by atoms with E-state index in [0.717, 1.165) is 5.56 Å². The van der Waals surface area contributed by atoms with E-state index in [4.69, 9.17) is 9.47 Å². The SMILES string of the molecule is Cc1cc(/C(O)=C2/C(=O)C(=O)N(c3ccc(C(=O)OC(C)C)cc3)C2c2ccccn2)ccc1OC(C)C. The Morgan fingerprint density at radius 2 is 1.63 bits per heavy atom. The highest BCUT2D eigenvalue weighted by Gasteiger charge is 2.47. The number of hydrogen-bond donors (Lipinski definition) is 1. The molecule has 0 radical (unpaired) electrons. The molecule has 0 bridgehead atoms. The molecule has 0 aliphatic carbocycles. The molecule has 1 amide bonds. The van der Waals surface area contributed by atoms with Gasteiger partial charge in [0.25, 0.3) is 11.7 Å². The lowest BCUT2D eigenvalue weighted by atomic mass is 9.97. The molecule has 0 spiro atoms. The Kier molecular flexibility index (Phi) is 7.62. The summed E-state index contributed by atoms with van der Waals surface area (Å²) in [4.78, 5) is 44.6. The van der Waals surface area contributed by atoms with Crippen LogP contribution in [-0.4, -0.2) is 40.0 Å². The summed E-state index contributed by atoms with van der Waals surface area (Å²) in [5.74, 6) is -1.78. The van der Waals surface area contributed by atoms with Gasteiger partial charge < -0.3 is 14.6 Å². The second-order valence-corrected chi connectivity index (χ2v) is 9.57. The molecule has 8 nitrogen and oxygen atoms in total. The van der Waals surface area contributed by atoms with Crippen LogP contribution in [0.15, 0.2) is 72.4 Å². The fourth-order valence-electron chi connectivity index (χ4n) is 4.29. The fourth-order valence-corrected chi connectivity index (χ4v) is 4.29. The van der Waals surface area contributed by atoms with Crippen molar-refractivity contribution in [1.29, 1.82) is 0 Å². The maximum Gasteiger partial charge on any atom is 0.338 e. The lowest BCUT2D eigenvalue weighted by Crippen LogP contribution is -2.29. The number of aliphatic hydroxyl groups is 1. The Hall–Kier alpha value is -4.46. The van der Waals surface area contributed by atoms with E-state index in [0.29, 0.717) is 28.3 Å². The largest absolute Gasteiger partial charge is 0.507 e. The molecule has 8 heteroatoms. The van der Waals surface area contributed by atoms with Crippen LogP contribution >= 0.6 is 0 Å². The van der Waals surface area contributed by atoms with Gasteiger partial charge in [0.2, 0.25) is 0 Å². The first-order valence-electron chi connectivity index (χ1n) is 12.4. The van der Waals surface area contributed by atoms with Gasteiger partial charge in [0.1, 0.15) is 17.6 Å². The first kappa shape index (κ1) is 26.6. The van der Waals surface area contributed by atoms with Gasteiger partial charge in [-0.1, -0.05) is 6.07 Å². The smallest absolute Gasteiger partial charge is 0.338 e. The number of nitrogens with zero attached hydrogens (tertiary/aromatic N) is 2. The number of ketones is 1. The maximum absolute atomic E-state index is 13.3. The number of carbonyl (C=O) groups is 3. The van der Waals surface area contributed by atoms with Gasteiger partial charge in [-0.15, -0.1) is 0 Å². The topological polar surface area (TPSA) is 106 Å². The van der Waals surface area contributed by atoms with Gasteiger partial charge in [0, 0.05) is 17.4 Å². The standard InChI is InChI=1S/C30H30N2O6/c1-17(2)37-24-14-11-21(16-19(24)5)27(33)25-26(23-8-6-7-15-31-23)32(29(35)28(25)34)22-12-9-20(10-13-22)30(36)38-18(3)4/h6-18,26,33H,1-5H3/b27-25-. The molecular formula is C30H30N2O6. The first-order chi connectivity index (χ1) is 18.1. The molecule has 1 unspecified atom stereocenters. The molecule has 0 saturated carbocycles. The lowest BCUT2D eigenvalue weighted by Gasteiger charge is -2.24. The van der Waals surface area contributed by atoms with Crippen LogP contribution < -0.4 is 9.64 Å². The second-order valence-electron chi connectivity index (χ2n) is 9.57. The Bertz CT molecular complexity index is 1390. The number of pyridine rings is 1. The molecule has 38 heavy (non-hydrogen) atoms. The molecule has 1 aliphatic heterocycles. The Balaban J connectivity index is 1.80. The first-order valence-corrected chi connectivity index (χ1v) is 12.4. The number of Topliss-reactive ketones (excluding diaryl/α,β-unsaturated/α-hetero) is 1. The third kappa shape index (κ3) is 5.29. The minimum absolute atomic E-state index is 0.0266. The molecular weight excluding hydrogens is 484 g/mol. The van der Waals surface area contributed by atoms with E-state index < -0.39 is 23.7 Å². The van der Waals surface area contributed by atoms with Crippen molar-refractivity contribution in [2.75, 3.05) is 4.90 Å². The molecule has 3 aromatic rings. The highest BCUT2D eigenvalue weighted by molar-refractivity contribution is 6.51. The van der Waals surface area contributed by atoms with E-state index in [1.807, 2.05) is 20.8 Å². The summed E-state index contributed by atoms with van der Waals surface area (Å²) >= 11 is 0. The van der Waals surface area contributed by atoms with Gasteiger partial charge in [0.15, 0.2) is 0 Å². The Morgan fingerprint density at radius 1 is 0.947 bits per heavy atom. The number of aliphatic hydroxyl groups excluding tert-OH is 1. The van der Waals surface area contributed by atoms with Crippen LogP contribution in [0, 0.1) is 6.92 Å². The number of ether oxygens (including phenoxy) is 2. The molecule has 1 N–H and O–H groups in total. The van der Waals surface area contributed by atoms with Crippen molar-refractivity contribution >= 4 is 29.1 Å². The van der Waals surface area contributed by atoms with Gasteiger partial charge >= 0.3 is 5.97 Å². The molecule has 1 atom stereocenters. The van der Waals surface area contributed by atoms with Crippen LogP contribution in [-0.2, 0) is 14.3 Å². The predicted octanol–water partition coefficient (Wildman–Crippen LogP) is 5.37. The van der Waals surface area contributed by atoms with Crippen molar-refractivity contribution in [1.82, 2.24) is 4.98 Å². The zero-order chi connectivity index (χ0) is 27.6. The number of anilines is 1. The molecule has 4 rings (SSSR count). The van der Waals surface area contributed by atoms with Gasteiger partial charge in [-0.25, -0.2) is 4.79 Å². The van der Waals surface area contributed by atoms with Crippen LogP contribution in [0.3, 0.4) is 0 Å². The number of rotatable bonds is 7. The average molecular weight is 515 g/mol. The third-order valence-electron chi connectivity index (χ3n) is 5.95. The molecule has 1 fully saturated rings. The number of esters is 1. The fraction of sp³-hybridized carbons (Fsp3) is 0.267. The Morgan fingerprint density at radius 3 is 2.21 bits per heavy atom. The van der Waals surface area contributed by atoms with E-state index >= 15 is 0 Å². The van der Waals surface area contributed by atoms with E-state index in [9.17, 15) is 19.5 Å². The minimum Gasteiger partial charge on any atom is -0.507 e. The van der Waals surface area contributed by atoms with Gasteiger partial charge in [-0.2, -0.15) is 0 Å². The Labute approximate surface area is 221 Å². The predicted molar refractivity (Wildman–Crippen MR) is 143 cm³/mol. The van der Waals surface area contributed by atoms with Crippen LogP contribution in [0.4, 0.5) is 5.69 Å². The van der Waals surface area contributed by atoms with Gasteiger partial charge in [0.05, 0.1) is 29.0 Å². The van der Waals surface area contributed by atoms with Crippen LogP contribution in [0.5, 0.6) is 5.75 Å². The molecule has 1 saturated heterocycles. The van der Waals surface area contributed by atoms with E-state index in [1.165, 1.54) is 17.0 Å². The van der Waals surface area contributed by atoms with E-state index in [2.05, 4.69) is 4.98 Å². The minimum atomic E-state index is -0.975. The second kappa shape index (κ2) is 10.9. The van der Waals surface area contributed by atoms with Crippen molar-refractivity contribution < 1.29 is 29.0 Å².